The average molecular weight is 332 g/mol. The van der Waals surface area contributed by atoms with E-state index in [1.807, 2.05) is 13.8 Å². The van der Waals surface area contributed by atoms with Crippen molar-refractivity contribution in [3.8, 4) is 0 Å². The van der Waals surface area contributed by atoms with Gasteiger partial charge in [-0.1, -0.05) is 13.8 Å². The zero-order chi connectivity index (χ0) is 17.5. The first-order valence-corrected chi connectivity index (χ1v) is 7.68. The Morgan fingerprint density at radius 1 is 0.870 bits per heavy atom. The SMILES string of the molecule is COCC(=O)NCCOCC(=O)NCCOCCC(=O)C(C)C. The standard InChI is InChI=1S/C15H28N2O6/c1-12(2)13(18)4-7-22-8-5-17-15(20)11-23-9-6-16-14(19)10-21-3/h12H,4-11H2,1-3H3,(H,16,19)(H,17,20). The van der Waals surface area contributed by atoms with Crippen LogP contribution in [0.5, 0.6) is 0 Å². The lowest BCUT2D eigenvalue weighted by atomic mass is 10.1. The quantitative estimate of drug-likeness (QED) is 0.416. The molecule has 0 unspecified atom stereocenters. The Labute approximate surface area is 137 Å². The molecule has 0 aromatic heterocycles. The number of amides is 2. The van der Waals surface area contributed by atoms with Gasteiger partial charge in [-0.2, -0.15) is 0 Å². The number of ketones is 1. The van der Waals surface area contributed by atoms with E-state index in [2.05, 4.69) is 15.4 Å². The second kappa shape index (κ2) is 14.1. The molecule has 0 aliphatic heterocycles. The molecule has 0 fully saturated rings. The van der Waals surface area contributed by atoms with E-state index in [0.29, 0.717) is 32.7 Å². The van der Waals surface area contributed by atoms with Crippen LogP contribution in [-0.2, 0) is 28.6 Å². The zero-order valence-corrected chi connectivity index (χ0v) is 14.2. The fourth-order valence-electron chi connectivity index (χ4n) is 1.49. The molecule has 0 aromatic rings. The van der Waals surface area contributed by atoms with Crippen LogP contribution in [0, 0.1) is 5.92 Å². The van der Waals surface area contributed by atoms with E-state index in [-0.39, 0.29) is 43.3 Å². The van der Waals surface area contributed by atoms with Crippen LogP contribution in [0.3, 0.4) is 0 Å². The minimum atomic E-state index is -0.255. The third kappa shape index (κ3) is 13.8. The third-order valence-electron chi connectivity index (χ3n) is 2.78. The molecule has 0 atom stereocenters. The molecule has 2 amide bonds. The number of carbonyl (C=O) groups is 3. The van der Waals surface area contributed by atoms with Crippen molar-refractivity contribution in [3.63, 3.8) is 0 Å². The Bertz CT molecular complexity index is 360. The Balaban J connectivity index is 3.37. The van der Waals surface area contributed by atoms with Gasteiger partial charge in [-0.05, 0) is 0 Å². The van der Waals surface area contributed by atoms with Crippen molar-refractivity contribution < 1.29 is 28.6 Å². The molecule has 8 heteroatoms. The first-order chi connectivity index (χ1) is 11.0. The van der Waals surface area contributed by atoms with Crippen LogP contribution in [0.15, 0.2) is 0 Å². The van der Waals surface area contributed by atoms with Gasteiger partial charge in [-0.3, -0.25) is 14.4 Å². The average Bonchev–Trinajstić information content (AvgIpc) is 2.50. The summed E-state index contributed by atoms with van der Waals surface area (Å²) in [6.45, 7) is 5.28. The molecule has 0 aliphatic carbocycles. The number of hydrogen-bond acceptors (Lipinski definition) is 6. The number of carbonyl (C=O) groups excluding carboxylic acids is 3. The number of nitrogens with one attached hydrogen (secondary N) is 2. The topological polar surface area (TPSA) is 103 Å². The Morgan fingerprint density at radius 3 is 2.00 bits per heavy atom. The van der Waals surface area contributed by atoms with Crippen molar-refractivity contribution >= 4 is 17.6 Å². The summed E-state index contributed by atoms with van der Waals surface area (Å²) >= 11 is 0. The Kier molecular flexibility index (Phi) is 13.2. The smallest absolute Gasteiger partial charge is 0.246 e. The molecule has 0 radical (unpaired) electrons. The summed E-state index contributed by atoms with van der Waals surface area (Å²) in [6, 6.07) is 0. The number of rotatable bonds is 14. The van der Waals surface area contributed by atoms with Gasteiger partial charge in [-0.15, -0.1) is 0 Å². The van der Waals surface area contributed by atoms with Gasteiger partial charge in [0.1, 0.15) is 19.0 Å². The van der Waals surface area contributed by atoms with Gasteiger partial charge in [0.25, 0.3) is 0 Å². The van der Waals surface area contributed by atoms with Gasteiger partial charge in [0.2, 0.25) is 11.8 Å². The lowest BCUT2D eigenvalue weighted by molar-refractivity contribution is -0.127. The molecule has 23 heavy (non-hydrogen) atoms. The second-order valence-electron chi connectivity index (χ2n) is 5.17. The minimum absolute atomic E-state index is 0.00323. The lowest BCUT2D eigenvalue weighted by Crippen LogP contribution is -2.33. The number of hydrogen-bond donors (Lipinski definition) is 2. The first-order valence-electron chi connectivity index (χ1n) is 7.68. The van der Waals surface area contributed by atoms with E-state index in [1.165, 1.54) is 7.11 Å². The van der Waals surface area contributed by atoms with E-state index < -0.39 is 0 Å². The third-order valence-corrected chi connectivity index (χ3v) is 2.78. The Morgan fingerprint density at radius 2 is 1.43 bits per heavy atom. The molecule has 2 N–H and O–H groups in total. The lowest BCUT2D eigenvalue weighted by Gasteiger charge is -2.08. The maximum absolute atomic E-state index is 11.4. The van der Waals surface area contributed by atoms with Crippen molar-refractivity contribution in [1.29, 1.82) is 0 Å². The number of Topliss-reactive ketones (excluding diaryl/α,β-unsaturated/α-hetero) is 1. The van der Waals surface area contributed by atoms with Crippen LogP contribution in [0.25, 0.3) is 0 Å². The maximum atomic E-state index is 11.4. The molecular formula is C15H28N2O6. The molecule has 0 aliphatic rings. The predicted octanol–water partition coefficient (Wildman–Crippen LogP) is -0.486. The van der Waals surface area contributed by atoms with E-state index >= 15 is 0 Å². The minimum Gasteiger partial charge on any atom is -0.379 e. The normalized spacial score (nSPS) is 10.6. The van der Waals surface area contributed by atoms with Crippen LogP contribution in [-0.4, -0.2) is 70.8 Å². The molecule has 0 saturated heterocycles. The predicted molar refractivity (Wildman–Crippen MR) is 84.0 cm³/mol. The van der Waals surface area contributed by atoms with Crippen molar-refractivity contribution in [2.75, 3.05) is 53.2 Å². The van der Waals surface area contributed by atoms with E-state index in [0.717, 1.165) is 0 Å². The highest BCUT2D eigenvalue weighted by Crippen LogP contribution is 1.98. The van der Waals surface area contributed by atoms with Crippen LogP contribution < -0.4 is 10.6 Å². The highest BCUT2D eigenvalue weighted by Gasteiger charge is 2.06. The van der Waals surface area contributed by atoms with Crippen LogP contribution in [0.4, 0.5) is 0 Å². The van der Waals surface area contributed by atoms with E-state index in [4.69, 9.17) is 9.47 Å². The summed E-state index contributed by atoms with van der Waals surface area (Å²) in [4.78, 5) is 33.8. The molecule has 0 bridgehead atoms. The Hall–Kier alpha value is -1.51. The van der Waals surface area contributed by atoms with Gasteiger partial charge in [-0.25, -0.2) is 0 Å². The molecule has 134 valence electrons. The van der Waals surface area contributed by atoms with Gasteiger partial charge >= 0.3 is 0 Å². The summed E-state index contributed by atoms with van der Waals surface area (Å²) in [6.07, 6.45) is 0.392. The van der Waals surface area contributed by atoms with E-state index in [1.54, 1.807) is 0 Å². The molecule has 0 aromatic carbocycles. The summed E-state index contributed by atoms with van der Waals surface area (Å²) < 4.78 is 15.0. The summed E-state index contributed by atoms with van der Waals surface area (Å²) in [5.41, 5.74) is 0. The summed E-state index contributed by atoms with van der Waals surface area (Å²) in [5.74, 6) is -0.293. The van der Waals surface area contributed by atoms with Gasteiger partial charge < -0.3 is 24.8 Å². The molecule has 0 heterocycles. The maximum Gasteiger partial charge on any atom is 0.246 e. The first kappa shape index (κ1) is 21.5. The highest BCUT2D eigenvalue weighted by molar-refractivity contribution is 5.80. The van der Waals surface area contributed by atoms with Crippen molar-refractivity contribution in [2.24, 2.45) is 5.92 Å². The fraction of sp³-hybridized carbons (Fsp3) is 0.800. The van der Waals surface area contributed by atoms with Crippen molar-refractivity contribution in [2.45, 2.75) is 20.3 Å². The van der Waals surface area contributed by atoms with Gasteiger partial charge in [0, 0.05) is 32.5 Å². The molecule has 0 rings (SSSR count). The fourth-order valence-corrected chi connectivity index (χ4v) is 1.49. The molecular weight excluding hydrogens is 304 g/mol. The monoisotopic (exact) mass is 332 g/mol. The van der Waals surface area contributed by atoms with Crippen molar-refractivity contribution in [1.82, 2.24) is 10.6 Å². The van der Waals surface area contributed by atoms with Gasteiger partial charge in [0.05, 0.1) is 19.8 Å². The van der Waals surface area contributed by atoms with Crippen LogP contribution in [0.2, 0.25) is 0 Å². The highest BCUT2D eigenvalue weighted by atomic mass is 16.5. The molecule has 8 nitrogen and oxygen atoms in total. The summed E-state index contributed by atoms with van der Waals surface area (Å²) in [5, 5.41) is 5.20. The van der Waals surface area contributed by atoms with Crippen LogP contribution >= 0.6 is 0 Å². The molecule has 0 spiro atoms. The summed E-state index contributed by atoms with van der Waals surface area (Å²) in [7, 11) is 1.44. The van der Waals surface area contributed by atoms with Crippen molar-refractivity contribution in [3.05, 3.63) is 0 Å². The van der Waals surface area contributed by atoms with Crippen LogP contribution in [0.1, 0.15) is 20.3 Å². The number of methoxy groups -OCH3 is 1. The number of ether oxygens (including phenoxy) is 3. The van der Waals surface area contributed by atoms with E-state index in [9.17, 15) is 14.4 Å². The molecule has 0 saturated carbocycles. The second-order valence-corrected chi connectivity index (χ2v) is 5.17. The zero-order valence-electron chi connectivity index (χ0n) is 14.2. The van der Waals surface area contributed by atoms with Gasteiger partial charge in [0.15, 0.2) is 0 Å². The largest absolute Gasteiger partial charge is 0.379 e.